The monoisotopic (exact) mass is 769 g/mol. The maximum Gasteiger partial charge on any atom is 0.169 e. The lowest BCUT2D eigenvalue weighted by molar-refractivity contribution is 0.668. The lowest BCUT2D eigenvalue weighted by Gasteiger charge is -2.22. The predicted molar refractivity (Wildman–Crippen MR) is 247 cm³/mol. The van der Waals surface area contributed by atoms with Crippen LogP contribution in [0.25, 0.3) is 88.0 Å². The maximum absolute atomic E-state index is 6.45. The fraction of sp³-hybridized carbons (Fsp3) is 0.0182. The first-order valence-corrected chi connectivity index (χ1v) is 20.2. The Hall–Kier alpha value is -8.02. The van der Waals surface area contributed by atoms with E-state index in [0.29, 0.717) is 0 Å². The largest absolute Gasteiger partial charge is 0.456 e. The van der Waals surface area contributed by atoms with Crippen LogP contribution in [-0.2, 0) is 0 Å². The lowest BCUT2D eigenvalue weighted by Crippen LogP contribution is -2.36. The molecule has 60 heavy (non-hydrogen) atoms. The topological polar surface area (TPSA) is 63.0 Å². The van der Waals surface area contributed by atoms with Crippen LogP contribution < -0.4 is 5.32 Å². The van der Waals surface area contributed by atoms with Crippen molar-refractivity contribution in [3.05, 3.63) is 217 Å². The van der Waals surface area contributed by atoms with E-state index in [-0.39, 0.29) is 0 Å². The van der Waals surface area contributed by atoms with Gasteiger partial charge < -0.3 is 14.2 Å². The highest BCUT2D eigenvalue weighted by Crippen LogP contribution is 2.41. The normalized spacial score (nSPS) is 14.2. The van der Waals surface area contributed by atoms with Crippen molar-refractivity contribution < 1.29 is 8.83 Å². The standard InChI is InChI=1S/C55H35N3O2/c1-2-12-37(13-3-1)53-56-54(38-27-23-35(24-28-38)42-17-8-14-34-11-4-5-15-41(34)42)58-55(57-53)39-29-25-36(26-30-39)43-18-10-22-50-51(43)47-33-40(31-32-49(47)59-50)44-19-9-20-46-45-16-6-7-21-48(45)60-52(44)46/h1-33,55H,(H,56,57,58). The summed E-state index contributed by atoms with van der Waals surface area (Å²) in [6, 6.07) is 69.9. The number of rotatable bonds is 6. The summed E-state index contributed by atoms with van der Waals surface area (Å²) in [4.78, 5) is 10.4. The molecule has 5 nitrogen and oxygen atoms in total. The zero-order chi connectivity index (χ0) is 39.6. The number of furan rings is 2. The SMILES string of the molecule is c1ccc(C2=NC(c3ccc(-c4cccc5oc6ccc(-c7cccc8c7oc7ccccc78)cc6c45)cc3)N=C(c3ccc(-c4cccc5ccccc45)cc3)N2)cc1. The molecule has 0 saturated carbocycles. The molecule has 1 N–H and O–H groups in total. The molecule has 11 aromatic rings. The van der Waals surface area contributed by atoms with Gasteiger partial charge in [-0.2, -0.15) is 0 Å². The first-order valence-electron chi connectivity index (χ1n) is 20.2. The van der Waals surface area contributed by atoms with Crippen molar-refractivity contribution in [2.24, 2.45) is 9.98 Å². The fourth-order valence-electron chi connectivity index (χ4n) is 8.82. The molecule has 3 heterocycles. The van der Waals surface area contributed by atoms with Crippen molar-refractivity contribution in [2.45, 2.75) is 6.17 Å². The third-order valence-corrected chi connectivity index (χ3v) is 11.8. The van der Waals surface area contributed by atoms with Gasteiger partial charge in [-0.1, -0.05) is 176 Å². The van der Waals surface area contributed by atoms with E-state index in [9.17, 15) is 0 Å². The quantitative estimate of drug-likeness (QED) is 0.183. The van der Waals surface area contributed by atoms with Crippen LogP contribution in [0, 0.1) is 0 Å². The van der Waals surface area contributed by atoms with E-state index in [1.807, 2.05) is 36.4 Å². The van der Waals surface area contributed by atoms with E-state index in [2.05, 4.69) is 169 Å². The van der Waals surface area contributed by atoms with E-state index in [0.717, 1.165) is 100 Å². The van der Waals surface area contributed by atoms with Gasteiger partial charge in [0.1, 0.15) is 34.0 Å². The molecular weight excluding hydrogens is 735 g/mol. The van der Waals surface area contributed by atoms with Crippen LogP contribution in [0.1, 0.15) is 22.9 Å². The van der Waals surface area contributed by atoms with Crippen LogP contribution in [0.2, 0.25) is 0 Å². The Morgan fingerprint density at radius 2 is 0.933 bits per heavy atom. The number of para-hydroxylation sites is 2. The van der Waals surface area contributed by atoms with Crippen molar-refractivity contribution in [2.75, 3.05) is 0 Å². The summed E-state index contributed by atoms with van der Waals surface area (Å²) in [5, 5.41) is 10.4. The Morgan fingerprint density at radius 3 is 1.78 bits per heavy atom. The van der Waals surface area contributed by atoms with Gasteiger partial charge in [0.05, 0.1) is 0 Å². The average molecular weight is 770 g/mol. The molecule has 0 aliphatic carbocycles. The lowest BCUT2D eigenvalue weighted by atomic mass is 9.96. The second-order valence-electron chi connectivity index (χ2n) is 15.3. The van der Waals surface area contributed by atoms with E-state index in [4.69, 9.17) is 18.8 Å². The van der Waals surface area contributed by atoms with Crippen molar-refractivity contribution in [1.29, 1.82) is 0 Å². The van der Waals surface area contributed by atoms with Crippen LogP contribution in [-0.4, -0.2) is 11.7 Å². The number of nitrogens with one attached hydrogen (secondary N) is 1. The van der Waals surface area contributed by atoms with Gasteiger partial charge in [0.25, 0.3) is 0 Å². The Kier molecular flexibility index (Phi) is 7.85. The van der Waals surface area contributed by atoms with E-state index in [1.165, 1.54) is 16.3 Å². The van der Waals surface area contributed by atoms with E-state index < -0.39 is 6.17 Å². The summed E-state index contributed by atoms with van der Waals surface area (Å²) >= 11 is 0. The van der Waals surface area contributed by atoms with Crippen LogP contribution in [0.3, 0.4) is 0 Å². The van der Waals surface area contributed by atoms with Gasteiger partial charge in [0, 0.05) is 38.2 Å². The van der Waals surface area contributed by atoms with Crippen LogP contribution in [0.5, 0.6) is 0 Å². The average Bonchev–Trinajstić information content (AvgIpc) is 3.90. The van der Waals surface area contributed by atoms with Gasteiger partial charge >= 0.3 is 0 Å². The Morgan fingerprint density at radius 1 is 0.367 bits per heavy atom. The molecule has 1 aliphatic heterocycles. The minimum Gasteiger partial charge on any atom is -0.456 e. The summed E-state index contributed by atoms with van der Waals surface area (Å²) in [5.74, 6) is 1.57. The zero-order valence-corrected chi connectivity index (χ0v) is 32.3. The molecule has 1 atom stereocenters. The van der Waals surface area contributed by atoms with Gasteiger partial charge in [-0.3, -0.25) is 0 Å². The number of nitrogens with zero attached hydrogens (tertiary/aromatic N) is 2. The minimum atomic E-state index is -0.433. The third-order valence-electron chi connectivity index (χ3n) is 11.8. The number of amidine groups is 2. The second kappa shape index (κ2) is 13.8. The number of fused-ring (bicyclic) bond motifs is 7. The Bertz CT molecular complexity index is 3500. The van der Waals surface area contributed by atoms with E-state index in [1.54, 1.807) is 0 Å². The van der Waals surface area contributed by atoms with Crippen molar-refractivity contribution >= 4 is 66.3 Å². The minimum absolute atomic E-state index is 0.433. The summed E-state index contributed by atoms with van der Waals surface area (Å²) in [7, 11) is 0. The molecule has 0 saturated heterocycles. The Balaban J connectivity index is 0.910. The van der Waals surface area contributed by atoms with Crippen molar-refractivity contribution in [3.63, 3.8) is 0 Å². The number of benzene rings is 9. The van der Waals surface area contributed by atoms with Gasteiger partial charge in [-0.15, -0.1) is 0 Å². The summed E-state index contributed by atoms with van der Waals surface area (Å²) in [6.07, 6.45) is -0.433. The molecule has 9 aromatic carbocycles. The number of aliphatic imine (C=N–C) groups is 2. The van der Waals surface area contributed by atoms with Crippen LogP contribution >= 0.6 is 0 Å². The summed E-state index contributed by atoms with van der Waals surface area (Å²) < 4.78 is 12.9. The van der Waals surface area contributed by atoms with Gasteiger partial charge in [-0.25, -0.2) is 9.98 Å². The molecule has 1 aliphatic rings. The molecule has 282 valence electrons. The molecule has 1 unspecified atom stereocenters. The summed E-state index contributed by atoms with van der Waals surface area (Å²) in [6.45, 7) is 0. The van der Waals surface area contributed by atoms with Gasteiger partial charge in [0.15, 0.2) is 6.17 Å². The zero-order valence-electron chi connectivity index (χ0n) is 32.3. The maximum atomic E-state index is 6.45. The molecule has 0 bridgehead atoms. The first kappa shape index (κ1) is 34.1. The van der Waals surface area contributed by atoms with Crippen LogP contribution in [0.4, 0.5) is 0 Å². The highest BCUT2D eigenvalue weighted by Gasteiger charge is 2.22. The smallest absolute Gasteiger partial charge is 0.169 e. The highest BCUT2D eigenvalue weighted by atomic mass is 16.3. The molecule has 0 spiro atoms. The molecule has 5 heteroatoms. The molecule has 2 aromatic heterocycles. The van der Waals surface area contributed by atoms with Gasteiger partial charge in [-0.05, 0) is 68.4 Å². The second-order valence-corrected chi connectivity index (χ2v) is 15.3. The van der Waals surface area contributed by atoms with Crippen LogP contribution in [0.15, 0.2) is 219 Å². The molecule has 0 amide bonds. The molecule has 0 radical (unpaired) electrons. The molecular formula is C55H35N3O2. The number of hydrogen-bond acceptors (Lipinski definition) is 5. The first-order chi connectivity index (χ1) is 29.7. The summed E-state index contributed by atoms with van der Waals surface area (Å²) in [5.41, 5.74) is 13.2. The molecule has 0 fully saturated rings. The van der Waals surface area contributed by atoms with E-state index >= 15 is 0 Å². The molecule has 12 rings (SSSR count). The fourth-order valence-corrected chi connectivity index (χ4v) is 8.82. The Labute approximate surface area is 345 Å². The predicted octanol–water partition coefficient (Wildman–Crippen LogP) is 14.1. The van der Waals surface area contributed by atoms with Crippen molar-refractivity contribution in [3.8, 4) is 33.4 Å². The highest BCUT2D eigenvalue weighted by molar-refractivity contribution is 6.17. The van der Waals surface area contributed by atoms with Crippen molar-refractivity contribution in [1.82, 2.24) is 5.32 Å². The van der Waals surface area contributed by atoms with Gasteiger partial charge in [0.2, 0.25) is 0 Å². The number of hydrogen-bond donors (Lipinski definition) is 1. The third kappa shape index (κ3) is 5.70.